The fraction of sp³-hybridized carbons (Fsp3) is 0.111. The van der Waals surface area contributed by atoms with E-state index in [2.05, 4.69) is 4.98 Å². The van der Waals surface area contributed by atoms with Crippen molar-refractivity contribution >= 4 is 27.3 Å². The van der Waals surface area contributed by atoms with Crippen LogP contribution in [0.2, 0.25) is 0 Å². The molecular formula is C18H17N3O3S2. The van der Waals surface area contributed by atoms with Gasteiger partial charge in [0.2, 0.25) is 15.9 Å². The Morgan fingerprint density at radius 1 is 1.15 bits per heavy atom. The Morgan fingerprint density at radius 2 is 1.88 bits per heavy atom. The highest BCUT2D eigenvalue weighted by Gasteiger charge is 2.21. The highest BCUT2D eigenvalue weighted by atomic mass is 32.2. The summed E-state index contributed by atoms with van der Waals surface area (Å²) in [6.07, 6.45) is 0. The number of amides is 1. The number of benzene rings is 2. The van der Waals surface area contributed by atoms with Crippen molar-refractivity contribution < 1.29 is 13.2 Å². The molecule has 0 radical (unpaired) electrons. The van der Waals surface area contributed by atoms with Crippen LogP contribution >= 0.6 is 11.3 Å². The van der Waals surface area contributed by atoms with Gasteiger partial charge in [0.1, 0.15) is 0 Å². The maximum Gasteiger partial charge on any atom is 0.248 e. The molecule has 2 aromatic carbocycles. The van der Waals surface area contributed by atoms with Gasteiger partial charge in [0.25, 0.3) is 0 Å². The van der Waals surface area contributed by atoms with Crippen molar-refractivity contribution in [3.8, 4) is 11.1 Å². The van der Waals surface area contributed by atoms with Gasteiger partial charge in [-0.3, -0.25) is 4.79 Å². The van der Waals surface area contributed by atoms with Gasteiger partial charge in [-0.25, -0.2) is 13.4 Å². The summed E-state index contributed by atoms with van der Waals surface area (Å²) in [6.45, 7) is 0.217. The molecule has 0 saturated carbocycles. The molecule has 0 unspecified atom stereocenters. The Morgan fingerprint density at radius 3 is 2.50 bits per heavy atom. The molecule has 1 heterocycles. The number of sulfonamides is 1. The SMILES string of the molecule is CN(Cc1cscn1)S(=O)(=O)c1ccc(-c2cccc(C(N)=O)c2)cc1. The van der Waals surface area contributed by atoms with Crippen LogP contribution in [0, 0.1) is 0 Å². The fourth-order valence-electron chi connectivity index (χ4n) is 2.48. The lowest BCUT2D eigenvalue weighted by molar-refractivity contribution is 0.100. The van der Waals surface area contributed by atoms with Gasteiger partial charge < -0.3 is 5.73 Å². The molecule has 8 heteroatoms. The number of thiazole rings is 1. The number of nitrogens with two attached hydrogens (primary N) is 1. The fourth-order valence-corrected chi connectivity index (χ4v) is 4.17. The normalized spacial score (nSPS) is 11.6. The molecule has 1 amide bonds. The first kappa shape index (κ1) is 18.2. The highest BCUT2D eigenvalue weighted by molar-refractivity contribution is 7.89. The van der Waals surface area contributed by atoms with Gasteiger partial charge in [-0.05, 0) is 35.4 Å². The molecular weight excluding hydrogens is 370 g/mol. The minimum Gasteiger partial charge on any atom is -0.366 e. The van der Waals surface area contributed by atoms with Crippen molar-refractivity contribution in [1.29, 1.82) is 0 Å². The minimum absolute atomic E-state index is 0.199. The van der Waals surface area contributed by atoms with Crippen molar-refractivity contribution in [3.05, 3.63) is 70.7 Å². The predicted molar refractivity (Wildman–Crippen MR) is 101 cm³/mol. The second-order valence-corrected chi connectivity index (χ2v) is 8.47. The predicted octanol–water partition coefficient (Wildman–Crippen LogP) is 2.73. The molecule has 0 bridgehead atoms. The number of nitrogens with zero attached hydrogens (tertiary/aromatic N) is 2. The van der Waals surface area contributed by atoms with Crippen molar-refractivity contribution in [2.45, 2.75) is 11.4 Å². The monoisotopic (exact) mass is 387 g/mol. The lowest BCUT2D eigenvalue weighted by atomic mass is 10.0. The quantitative estimate of drug-likeness (QED) is 0.704. The average Bonchev–Trinajstić information content (AvgIpc) is 3.15. The average molecular weight is 387 g/mol. The van der Waals surface area contributed by atoms with Gasteiger partial charge in [-0.2, -0.15) is 4.31 Å². The van der Waals surface area contributed by atoms with Crippen LogP contribution < -0.4 is 5.73 Å². The first-order valence-electron chi connectivity index (χ1n) is 7.71. The van der Waals surface area contributed by atoms with Crippen LogP contribution in [-0.4, -0.2) is 30.7 Å². The van der Waals surface area contributed by atoms with E-state index in [9.17, 15) is 13.2 Å². The van der Waals surface area contributed by atoms with Crippen LogP contribution in [0.1, 0.15) is 16.1 Å². The molecule has 1 aromatic heterocycles. The van der Waals surface area contributed by atoms with Crippen LogP contribution in [0.15, 0.2) is 64.3 Å². The van der Waals surface area contributed by atoms with Crippen molar-refractivity contribution in [2.24, 2.45) is 5.73 Å². The smallest absolute Gasteiger partial charge is 0.248 e. The van der Waals surface area contributed by atoms with Gasteiger partial charge in [-0.1, -0.05) is 24.3 Å². The number of hydrogen-bond acceptors (Lipinski definition) is 5. The summed E-state index contributed by atoms with van der Waals surface area (Å²) in [5, 5.41) is 1.82. The van der Waals surface area contributed by atoms with E-state index in [1.54, 1.807) is 48.0 Å². The third-order valence-electron chi connectivity index (χ3n) is 3.91. The number of hydrogen-bond donors (Lipinski definition) is 1. The van der Waals surface area contributed by atoms with Crippen LogP contribution in [0.25, 0.3) is 11.1 Å². The highest BCUT2D eigenvalue weighted by Crippen LogP contribution is 2.24. The van der Waals surface area contributed by atoms with Gasteiger partial charge in [0, 0.05) is 18.0 Å². The Labute approximate surface area is 156 Å². The first-order chi connectivity index (χ1) is 12.4. The number of aromatic nitrogens is 1. The molecule has 26 heavy (non-hydrogen) atoms. The second kappa shape index (κ2) is 7.36. The molecule has 0 aliphatic carbocycles. The third kappa shape index (κ3) is 3.82. The van der Waals surface area contributed by atoms with Crippen molar-refractivity contribution in [1.82, 2.24) is 9.29 Å². The molecule has 0 aliphatic rings. The van der Waals surface area contributed by atoms with Gasteiger partial charge in [-0.15, -0.1) is 11.3 Å². The zero-order chi connectivity index (χ0) is 18.7. The van der Waals surface area contributed by atoms with Gasteiger partial charge in [0.05, 0.1) is 22.6 Å². The zero-order valence-electron chi connectivity index (χ0n) is 14.0. The molecule has 0 spiro atoms. The zero-order valence-corrected chi connectivity index (χ0v) is 15.6. The summed E-state index contributed by atoms with van der Waals surface area (Å²) < 4.78 is 26.6. The van der Waals surface area contributed by atoms with Crippen LogP contribution in [0.5, 0.6) is 0 Å². The summed E-state index contributed by atoms with van der Waals surface area (Å²) in [6, 6.07) is 13.4. The summed E-state index contributed by atoms with van der Waals surface area (Å²) in [7, 11) is -2.09. The summed E-state index contributed by atoms with van der Waals surface area (Å²) in [4.78, 5) is 15.6. The largest absolute Gasteiger partial charge is 0.366 e. The van der Waals surface area contributed by atoms with Crippen molar-refractivity contribution in [2.75, 3.05) is 7.05 Å². The second-order valence-electron chi connectivity index (χ2n) is 5.71. The molecule has 3 aromatic rings. The summed E-state index contributed by atoms with van der Waals surface area (Å²) in [5.74, 6) is -0.505. The molecule has 2 N–H and O–H groups in total. The van der Waals surface area contributed by atoms with E-state index in [1.807, 2.05) is 11.4 Å². The summed E-state index contributed by atoms with van der Waals surface area (Å²) in [5.41, 5.74) is 9.68. The van der Waals surface area contributed by atoms with E-state index in [0.717, 1.165) is 11.1 Å². The topological polar surface area (TPSA) is 93.4 Å². The molecule has 134 valence electrons. The van der Waals surface area contributed by atoms with Gasteiger partial charge in [0.15, 0.2) is 0 Å². The van der Waals surface area contributed by atoms with E-state index in [4.69, 9.17) is 5.73 Å². The number of primary amides is 1. The summed E-state index contributed by atoms with van der Waals surface area (Å²) >= 11 is 1.43. The number of carbonyl (C=O) groups is 1. The molecule has 0 saturated heterocycles. The van der Waals surface area contributed by atoms with Gasteiger partial charge >= 0.3 is 0 Å². The Bertz CT molecular complexity index is 1010. The van der Waals surface area contributed by atoms with Crippen molar-refractivity contribution in [3.63, 3.8) is 0 Å². The molecule has 0 atom stereocenters. The maximum atomic E-state index is 12.7. The Hall–Kier alpha value is -2.55. The molecule has 0 fully saturated rings. The standard InChI is InChI=1S/C18H17N3O3S2/c1-21(10-16-11-25-12-20-16)26(23,24)17-7-5-13(6-8-17)14-3-2-4-15(9-14)18(19)22/h2-9,11-12H,10H2,1H3,(H2,19,22). The Kier molecular flexibility index (Phi) is 5.17. The van der Waals surface area contributed by atoms with E-state index >= 15 is 0 Å². The lowest BCUT2D eigenvalue weighted by Crippen LogP contribution is -2.26. The van der Waals surface area contributed by atoms with Crippen LogP contribution in [0.3, 0.4) is 0 Å². The number of rotatable bonds is 6. The minimum atomic E-state index is -3.61. The Balaban J connectivity index is 1.84. The van der Waals surface area contributed by atoms with E-state index in [1.165, 1.54) is 22.7 Å². The maximum absolute atomic E-state index is 12.7. The molecule has 0 aliphatic heterocycles. The molecule has 6 nitrogen and oxygen atoms in total. The van der Waals surface area contributed by atoms with E-state index < -0.39 is 15.9 Å². The van der Waals surface area contributed by atoms with Crippen LogP contribution in [-0.2, 0) is 16.6 Å². The lowest BCUT2D eigenvalue weighted by Gasteiger charge is -2.16. The van der Waals surface area contributed by atoms with E-state index in [-0.39, 0.29) is 11.4 Å². The first-order valence-corrected chi connectivity index (χ1v) is 10.1. The molecule has 3 rings (SSSR count). The van der Waals surface area contributed by atoms with E-state index in [0.29, 0.717) is 11.3 Å². The van der Waals surface area contributed by atoms with Crippen LogP contribution in [0.4, 0.5) is 0 Å². The number of carbonyl (C=O) groups excluding carboxylic acids is 1. The third-order valence-corrected chi connectivity index (χ3v) is 6.36.